The molecular weight excluding hydrogens is 778 g/mol. The molecule has 0 aliphatic heterocycles. The van der Waals surface area contributed by atoms with Gasteiger partial charge < -0.3 is 14.8 Å². The average molecular weight is 813 g/mol. The summed E-state index contributed by atoms with van der Waals surface area (Å²) in [6, 6.07) is 6.31. The number of rotatable bonds is 13. The molecule has 0 aliphatic carbocycles. The lowest BCUT2D eigenvalue weighted by Gasteiger charge is -2.21. The summed E-state index contributed by atoms with van der Waals surface area (Å²) in [6.07, 6.45) is -5.06. The van der Waals surface area contributed by atoms with Crippen molar-refractivity contribution in [3.63, 3.8) is 0 Å². The lowest BCUT2D eigenvalue weighted by Crippen LogP contribution is -2.26. The Morgan fingerprint density at radius 3 is 2.40 bits per heavy atom. The van der Waals surface area contributed by atoms with Gasteiger partial charge in [0.05, 0.1) is 30.9 Å². The number of hydrogen-bond acceptors (Lipinski definition) is 8. The van der Waals surface area contributed by atoms with Crippen LogP contribution in [0.4, 0.5) is 33.5 Å². The number of alkyl halides is 3. The van der Waals surface area contributed by atoms with Gasteiger partial charge in [-0.15, -0.1) is 0 Å². The van der Waals surface area contributed by atoms with Crippen LogP contribution in [0.2, 0.25) is 25.7 Å². The molecule has 47 heavy (non-hydrogen) atoms. The van der Waals surface area contributed by atoms with Gasteiger partial charge in [0.15, 0.2) is 23.0 Å². The standard InChI is InChI=1S/C29H34F5IN6O4SSi/c1-40(46(3,42)43)22-8-7-19(30)11-18(22)15-36-27-24-25(35)39-41(16-45-9-10-47(4,5)6)28(24)38-26(37-27)20-13-21(31)23(44-2)12-17(20)14-29(32,33)34/h7-8,11-13H,9-10,14-16H2,1-6H3,(H,36,37,38). The summed E-state index contributed by atoms with van der Waals surface area (Å²) < 4.78 is 109. The lowest BCUT2D eigenvalue weighted by molar-refractivity contribution is -0.127. The van der Waals surface area contributed by atoms with Crippen LogP contribution in [0.1, 0.15) is 11.1 Å². The molecule has 0 atom stereocenters. The second kappa shape index (κ2) is 14.2. The fourth-order valence-corrected chi connectivity index (χ4v) is 6.63. The zero-order valence-corrected chi connectivity index (χ0v) is 30.4. The van der Waals surface area contributed by atoms with Gasteiger partial charge in [-0.05, 0) is 70.1 Å². The van der Waals surface area contributed by atoms with Crippen molar-refractivity contribution in [1.82, 2.24) is 19.7 Å². The molecule has 256 valence electrons. The predicted octanol–water partition coefficient (Wildman–Crippen LogP) is 6.81. The molecule has 0 saturated carbocycles. The molecule has 0 spiro atoms. The second-order valence-corrected chi connectivity index (χ2v) is 20.7. The predicted molar refractivity (Wildman–Crippen MR) is 181 cm³/mol. The van der Waals surface area contributed by atoms with Crippen molar-refractivity contribution in [3.8, 4) is 17.1 Å². The molecule has 0 saturated heterocycles. The van der Waals surface area contributed by atoms with Gasteiger partial charge >= 0.3 is 6.18 Å². The number of anilines is 2. The first-order valence-electron chi connectivity index (χ1n) is 14.2. The van der Waals surface area contributed by atoms with E-state index in [0.717, 1.165) is 48.0 Å². The molecule has 10 nitrogen and oxygen atoms in total. The number of hydrogen-bond donors (Lipinski definition) is 1. The number of ether oxygens (including phenoxy) is 2. The molecule has 0 bridgehead atoms. The maximum atomic E-state index is 15.0. The van der Waals surface area contributed by atoms with E-state index in [1.807, 2.05) is 22.6 Å². The average Bonchev–Trinajstić information content (AvgIpc) is 3.27. The van der Waals surface area contributed by atoms with Gasteiger partial charge in [0, 0.05) is 33.8 Å². The van der Waals surface area contributed by atoms with Crippen molar-refractivity contribution in [1.29, 1.82) is 0 Å². The molecule has 0 radical (unpaired) electrons. The van der Waals surface area contributed by atoms with Gasteiger partial charge in [0.25, 0.3) is 0 Å². The van der Waals surface area contributed by atoms with Crippen LogP contribution in [0.5, 0.6) is 5.75 Å². The third-order valence-electron chi connectivity index (χ3n) is 7.09. The minimum Gasteiger partial charge on any atom is -0.494 e. The van der Waals surface area contributed by atoms with E-state index in [1.165, 1.54) is 17.8 Å². The van der Waals surface area contributed by atoms with Gasteiger partial charge in [0.1, 0.15) is 22.1 Å². The number of fused-ring (bicyclic) bond motifs is 1. The number of aromatic nitrogens is 4. The Morgan fingerprint density at radius 2 is 1.79 bits per heavy atom. The molecule has 2 aromatic heterocycles. The Bertz CT molecular complexity index is 1890. The van der Waals surface area contributed by atoms with Crippen LogP contribution >= 0.6 is 22.6 Å². The van der Waals surface area contributed by atoms with E-state index < -0.39 is 42.3 Å². The summed E-state index contributed by atoms with van der Waals surface area (Å²) in [6.45, 7) is 6.86. The van der Waals surface area contributed by atoms with Crippen molar-refractivity contribution in [2.24, 2.45) is 0 Å². The largest absolute Gasteiger partial charge is 0.494 e. The molecule has 2 heterocycles. The van der Waals surface area contributed by atoms with Crippen LogP contribution in [0, 0.1) is 15.3 Å². The summed E-state index contributed by atoms with van der Waals surface area (Å²) in [5.74, 6) is -2.07. The van der Waals surface area contributed by atoms with Crippen LogP contribution in [0.15, 0.2) is 30.3 Å². The van der Waals surface area contributed by atoms with Crippen molar-refractivity contribution in [3.05, 3.63) is 56.8 Å². The molecule has 18 heteroatoms. The van der Waals surface area contributed by atoms with Crippen molar-refractivity contribution < 1.29 is 39.8 Å². The topological polar surface area (TPSA) is 111 Å². The Balaban J connectivity index is 1.87. The van der Waals surface area contributed by atoms with Crippen molar-refractivity contribution in [2.75, 3.05) is 36.6 Å². The fraction of sp³-hybridized carbons (Fsp3) is 0.414. The minimum absolute atomic E-state index is 0.0283. The number of sulfonamides is 1. The highest BCUT2D eigenvalue weighted by atomic mass is 127. The van der Waals surface area contributed by atoms with Crippen LogP contribution in [0.3, 0.4) is 0 Å². The van der Waals surface area contributed by atoms with Gasteiger partial charge in [0.2, 0.25) is 10.0 Å². The highest BCUT2D eigenvalue weighted by Crippen LogP contribution is 2.36. The van der Waals surface area contributed by atoms with E-state index in [-0.39, 0.29) is 58.7 Å². The highest BCUT2D eigenvalue weighted by Gasteiger charge is 2.31. The van der Waals surface area contributed by atoms with E-state index in [9.17, 15) is 30.4 Å². The monoisotopic (exact) mass is 812 g/mol. The smallest absolute Gasteiger partial charge is 0.393 e. The first-order valence-corrected chi connectivity index (χ1v) is 20.8. The van der Waals surface area contributed by atoms with Crippen molar-refractivity contribution in [2.45, 2.75) is 51.6 Å². The summed E-state index contributed by atoms with van der Waals surface area (Å²) in [4.78, 5) is 9.05. The third kappa shape index (κ3) is 9.29. The fourth-order valence-electron chi connectivity index (χ4n) is 4.58. The Labute approximate surface area is 283 Å². The number of methoxy groups -OCH3 is 1. The van der Waals surface area contributed by atoms with Crippen LogP contribution in [0.25, 0.3) is 22.4 Å². The van der Waals surface area contributed by atoms with Crippen LogP contribution in [-0.4, -0.2) is 69.4 Å². The van der Waals surface area contributed by atoms with Crippen LogP contribution < -0.4 is 14.4 Å². The molecular formula is C29H34F5IN6O4SSi. The molecule has 0 aliphatic rings. The number of benzene rings is 2. The number of nitrogens with zero attached hydrogens (tertiary/aromatic N) is 5. The second-order valence-electron chi connectivity index (χ2n) is 12.0. The molecule has 2 aromatic carbocycles. The molecule has 4 rings (SSSR count). The SMILES string of the molecule is COc1cc(CC(F)(F)F)c(-c2nc(NCc3cc(F)ccc3N(C)S(C)(=O)=O)c3c(I)nn(COCC[Si](C)(C)C)c3n2)cc1F. The summed E-state index contributed by atoms with van der Waals surface area (Å²) in [7, 11) is -2.66. The van der Waals surface area contributed by atoms with Gasteiger partial charge in [-0.2, -0.15) is 18.3 Å². The first kappa shape index (κ1) is 36.7. The number of nitrogens with one attached hydrogen (secondary N) is 1. The Morgan fingerprint density at radius 1 is 1.09 bits per heavy atom. The summed E-state index contributed by atoms with van der Waals surface area (Å²) in [5.41, 5.74) is 0.0813. The third-order valence-corrected chi connectivity index (χ3v) is 10.7. The molecule has 4 aromatic rings. The van der Waals surface area contributed by atoms with E-state index in [2.05, 4.69) is 40.0 Å². The highest BCUT2D eigenvalue weighted by molar-refractivity contribution is 14.1. The van der Waals surface area contributed by atoms with Gasteiger partial charge in [-0.25, -0.2) is 31.8 Å². The zero-order chi connectivity index (χ0) is 34.9. The zero-order valence-electron chi connectivity index (χ0n) is 26.5. The van der Waals surface area contributed by atoms with Gasteiger partial charge in [-0.3, -0.25) is 4.31 Å². The summed E-state index contributed by atoms with van der Waals surface area (Å²) >= 11 is 1.96. The molecule has 0 fully saturated rings. The van der Waals surface area contributed by atoms with Crippen LogP contribution in [-0.2, 0) is 34.5 Å². The summed E-state index contributed by atoms with van der Waals surface area (Å²) in [5, 5.41) is 7.96. The van der Waals surface area contributed by atoms with Crippen molar-refractivity contribution >= 4 is 63.2 Å². The van der Waals surface area contributed by atoms with Gasteiger partial charge in [-0.1, -0.05) is 19.6 Å². The maximum Gasteiger partial charge on any atom is 0.393 e. The van der Waals surface area contributed by atoms with E-state index in [1.54, 1.807) is 0 Å². The number of halogens is 6. The quantitative estimate of drug-likeness (QED) is 0.0679. The normalized spacial score (nSPS) is 12.5. The molecule has 0 amide bonds. The van der Waals surface area contributed by atoms with E-state index >= 15 is 0 Å². The lowest BCUT2D eigenvalue weighted by atomic mass is 10.0. The minimum atomic E-state index is -4.65. The molecule has 0 unspecified atom stereocenters. The van der Waals surface area contributed by atoms with E-state index in [0.29, 0.717) is 15.7 Å². The Hall–Kier alpha value is -3.10. The Kier molecular flexibility index (Phi) is 11.1. The maximum absolute atomic E-state index is 15.0. The van der Waals surface area contributed by atoms with E-state index in [4.69, 9.17) is 9.47 Å². The molecule has 1 N–H and O–H groups in total. The first-order chi connectivity index (χ1) is 21.8.